The fraction of sp³-hybridized carbons (Fsp3) is 0. The number of carbonyl (C=O) groups excluding carboxylic acids is 1. The van der Waals surface area contributed by atoms with Gasteiger partial charge < -0.3 is 9.73 Å². The maximum Gasteiger partial charge on any atom is 0.292 e. The number of benzene rings is 2. The average Bonchev–Trinajstić information content (AvgIpc) is 3.28. The number of carbonyl (C=O) groups is 1. The van der Waals surface area contributed by atoms with Gasteiger partial charge in [0.15, 0.2) is 11.6 Å². The highest BCUT2D eigenvalue weighted by molar-refractivity contribution is 6.04. The molecule has 0 saturated carbocycles. The molecule has 8 heteroatoms. The Morgan fingerprint density at radius 1 is 1.12 bits per heavy atom. The molecule has 0 fully saturated rings. The first-order valence-electron chi connectivity index (χ1n) is 7.70. The van der Waals surface area contributed by atoms with Crippen molar-refractivity contribution in [2.24, 2.45) is 0 Å². The summed E-state index contributed by atoms with van der Waals surface area (Å²) in [6, 6.07) is 16.7. The molecule has 0 spiro atoms. The van der Waals surface area contributed by atoms with Crippen molar-refractivity contribution in [2.75, 3.05) is 5.32 Å². The maximum atomic E-state index is 12.3. The zero-order chi connectivity index (χ0) is 18.1. The Kier molecular flexibility index (Phi) is 3.70. The molecule has 1 amide bonds. The predicted molar refractivity (Wildman–Crippen MR) is 94.8 cm³/mol. The van der Waals surface area contributed by atoms with E-state index < -0.39 is 10.8 Å². The minimum absolute atomic E-state index is 0.0232. The van der Waals surface area contributed by atoms with Crippen molar-refractivity contribution >= 4 is 28.4 Å². The van der Waals surface area contributed by atoms with Crippen molar-refractivity contribution in [3.8, 4) is 11.3 Å². The van der Waals surface area contributed by atoms with Crippen molar-refractivity contribution < 1.29 is 14.1 Å². The molecule has 2 aromatic heterocycles. The second-order valence-electron chi connectivity index (χ2n) is 5.58. The molecule has 0 bridgehead atoms. The SMILES string of the molecule is O=C(Nc1cc(-c2cccc([N+](=O)[O-])c2)[nH]n1)c1cc2ccccc2o1. The summed E-state index contributed by atoms with van der Waals surface area (Å²) in [5.74, 6) is 0.0290. The topological polar surface area (TPSA) is 114 Å². The lowest BCUT2D eigenvalue weighted by Crippen LogP contribution is -2.10. The number of amides is 1. The lowest BCUT2D eigenvalue weighted by molar-refractivity contribution is -0.384. The third-order valence-electron chi connectivity index (χ3n) is 3.84. The van der Waals surface area contributed by atoms with E-state index in [9.17, 15) is 14.9 Å². The number of nitrogens with one attached hydrogen (secondary N) is 2. The standard InChI is InChI=1S/C18H12N4O4/c23-18(16-9-12-4-1-2-7-15(12)26-16)19-17-10-14(20-21-17)11-5-3-6-13(8-11)22(24)25/h1-10H,(H2,19,20,21,23). The lowest BCUT2D eigenvalue weighted by atomic mass is 10.1. The average molecular weight is 348 g/mol. The highest BCUT2D eigenvalue weighted by Gasteiger charge is 2.15. The third kappa shape index (κ3) is 2.91. The van der Waals surface area contributed by atoms with Gasteiger partial charge in [-0.15, -0.1) is 0 Å². The first-order valence-corrected chi connectivity index (χ1v) is 7.70. The number of para-hydroxylation sites is 1. The molecule has 0 aliphatic carbocycles. The Balaban J connectivity index is 1.55. The van der Waals surface area contributed by atoms with Gasteiger partial charge in [-0.25, -0.2) is 0 Å². The van der Waals surface area contributed by atoms with Crippen molar-refractivity contribution in [3.05, 3.63) is 76.5 Å². The molecule has 0 aliphatic rings. The van der Waals surface area contributed by atoms with Gasteiger partial charge >= 0.3 is 0 Å². The molecule has 0 atom stereocenters. The lowest BCUT2D eigenvalue weighted by Gasteiger charge is -1.98. The summed E-state index contributed by atoms with van der Waals surface area (Å²) in [4.78, 5) is 22.7. The second-order valence-corrected chi connectivity index (χ2v) is 5.58. The molecule has 2 heterocycles. The molecule has 0 saturated heterocycles. The van der Waals surface area contributed by atoms with Crippen LogP contribution in [0.3, 0.4) is 0 Å². The molecular weight excluding hydrogens is 336 g/mol. The van der Waals surface area contributed by atoms with Gasteiger partial charge in [0.05, 0.1) is 10.6 Å². The van der Waals surface area contributed by atoms with Crippen molar-refractivity contribution in [3.63, 3.8) is 0 Å². The first kappa shape index (κ1) is 15.6. The monoisotopic (exact) mass is 348 g/mol. The molecule has 128 valence electrons. The highest BCUT2D eigenvalue weighted by Crippen LogP contribution is 2.24. The normalized spacial score (nSPS) is 10.8. The third-order valence-corrected chi connectivity index (χ3v) is 3.84. The molecule has 2 aromatic carbocycles. The summed E-state index contributed by atoms with van der Waals surface area (Å²) in [6.07, 6.45) is 0. The molecule has 4 rings (SSSR count). The summed E-state index contributed by atoms with van der Waals surface area (Å²) in [5.41, 5.74) is 1.74. The number of furan rings is 1. The summed E-state index contributed by atoms with van der Waals surface area (Å²) in [7, 11) is 0. The number of aromatic nitrogens is 2. The molecule has 2 N–H and O–H groups in total. The van der Waals surface area contributed by atoms with Crippen LogP contribution in [0.25, 0.3) is 22.2 Å². The van der Waals surface area contributed by atoms with Crippen LogP contribution in [0, 0.1) is 10.1 Å². The van der Waals surface area contributed by atoms with Crippen molar-refractivity contribution in [1.29, 1.82) is 0 Å². The van der Waals surface area contributed by atoms with Crippen LogP contribution in [0.2, 0.25) is 0 Å². The number of nitrogens with zero attached hydrogens (tertiary/aromatic N) is 2. The number of nitro groups is 1. The number of rotatable bonds is 4. The fourth-order valence-corrected chi connectivity index (χ4v) is 2.59. The van der Waals surface area contributed by atoms with Crippen LogP contribution in [0.4, 0.5) is 11.5 Å². The van der Waals surface area contributed by atoms with Crippen LogP contribution in [0.15, 0.2) is 65.1 Å². The minimum atomic E-state index is -0.468. The first-order chi connectivity index (χ1) is 12.6. The zero-order valence-corrected chi connectivity index (χ0v) is 13.3. The summed E-state index contributed by atoms with van der Waals surface area (Å²) in [5, 5.41) is 21.1. The number of non-ortho nitro benzene ring substituents is 1. The number of hydrogen-bond acceptors (Lipinski definition) is 5. The Morgan fingerprint density at radius 2 is 1.96 bits per heavy atom. The molecule has 26 heavy (non-hydrogen) atoms. The molecular formula is C18H12N4O4. The quantitative estimate of drug-likeness (QED) is 0.427. The molecule has 0 aliphatic heterocycles. The van der Waals surface area contributed by atoms with E-state index in [4.69, 9.17) is 4.42 Å². The molecule has 0 unspecified atom stereocenters. The van der Waals surface area contributed by atoms with Gasteiger partial charge in [-0.1, -0.05) is 30.3 Å². The van der Waals surface area contributed by atoms with Crippen LogP contribution in [0.1, 0.15) is 10.6 Å². The van der Waals surface area contributed by atoms with Crippen LogP contribution in [0.5, 0.6) is 0 Å². The zero-order valence-electron chi connectivity index (χ0n) is 13.3. The van der Waals surface area contributed by atoms with Gasteiger partial charge in [-0.05, 0) is 12.1 Å². The number of H-pyrrole nitrogens is 1. The predicted octanol–water partition coefficient (Wildman–Crippen LogP) is 3.98. The molecule has 0 radical (unpaired) electrons. The number of anilines is 1. The van der Waals surface area contributed by atoms with Gasteiger partial charge in [0.2, 0.25) is 0 Å². The number of aromatic amines is 1. The van der Waals surface area contributed by atoms with Gasteiger partial charge in [0, 0.05) is 29.1 Å². The van der Waals surface area contributed by atoms with Gasteiger partial charge in [0.1, 0.15) is 5.58 Å². The van der Waals surface area contributed by atoms with E-state index in [2.05, 4.69) is 15.5 Å². The largest absolute Gasteiger partial charge is 0.451 e. The highest BCUT2D eigenvalue weighted by atomic mass is 16.6. The van der Waals surface area contributed by atoms with E-state index >= 15 is 0 Å². The Morgan fingerprint density at radius 3 is 2.77 bits per heavy atom. The van der Waals surface area contributed by atoms with Crippen LogP contribution >= 0.6 is 0 Å². The molecule has 8 nitrogen and oxygen atoms in total. The van der Waals surface area contributed by atoms with E-state index in [0.29, 0.717) is 16.8 Å². The van der Waals surface area contributed by atoms with Crippen molar-refractivity contribution in [1.82, 2.24) is 10.2 Å². The second kappa shape index (κ2) is 6.17. The summed E-state index contributed by atoms with van der Waals surface area (Å²) in [6.45, 7) is 0. The van der Waals surface area contributed by atoms with E-state index in [1.54, 1.807) is 30.3 Å². The van der Waals surface area contributed by atoms with E-state index in [-0.39, 0.29) is 17.3 Å². The van der Waals surface area contributed by atoms with Gasteiger partial charge in [-0.2, -0.15) is 5.10 Å². The van der Waals surface area contributed by atoms with Gasteiger partial charge in [-0.3, -0.25) is 20.0 Å². The summed E-state index contributed by atoms with van der Waals surface area (Å²) < 4.78 is 5.51. The number of hydrogen-bond donors (Lipinski definition) is 2. The van der Waals surface area contributed by atoms with E-state index in [1.165, 1.54) is 12.1 Å². The van der Waals surface area contributed by atoms with Crippen molar-refractivity contribution in [2.45, 2.75) is 0 Å². The smallest absolute Gasteiger partial charge is 0.292 e. The van der Waals surface area contributed by atoms with Crippen LogP contribution in [-0.2, 0) is 0 Å². The van der Waals surface area contributed by atoms with E-state index in [0.717, 1.165) is 5.39 Å². The van der Waals surface area contributed by atoms with Crippen LogP contribution in [-0.4, -0.2) is 21.0 Å². The number of fused-ring (bicyclic) bond motifs is 1. The molecule has 4 aromatic rings. The maximum absolute atomic E-state index is 12.3. The Hall–Kier alpha value is -3.94. The van der Waals surface area contributed by atoms with Gasteiger partial charge in [0.25, 0.3) is 11.6 Å². The Bertz CT molecular complexity index is 1100. The fourth-order valence-electron chi connectivity index (χ4n) is 2.59. The number of nitro benzene ring substituents is 1. The van der Waals surface area contributed by atoms with Crippen LogP contribution < -0.4 is 5.32 Å². The Labute approximate surface area is 146 Å². The summed E-state index contributed by atoms with van der Waals surface area (Å²) >= 11 is 0. The van der Waals surface area contributed by atoms with E-state index in [1.807, 2.05) is 18.2 Å². The minimum Gasteiger partial charge on any atom is -0.451 e.